The molecule has 1 aliphatic rings. The van der Waals surface area contributed by atoms with Gasteiger partial charge < -0.3 is 0 Å². The number of ketones is 1. The van der Waals surface area contributed by atoms with Crippen LogP contribution in [0.1, 0.15) is 20.8 Å². The summed E-state index contributed by atoms with van der Waals surface area (Å²) in [7, 11) is -3.58. The third-order valence-electron chi connectivity index (χ3n) is 2.05. The third-order valence-corrected chi connectivity index (χ3v) is 4.10. The lowest BCUT2D eigenvalue weighted by Crippen LogP contribution is -2.36. The Balaban J connectivity index is 3.06. The van der Waals surface area contributed by atoms with Crippen LogP contribution in [0.25, 0.3) is 0 Å². The molecule has 80 valence electrons. The molecule has 0 aromatic carbocycles. The van der Waals surface area contributed by atoms with Gasteiger partial charge in [0, 0.05) is 0 Å². The minimum absolute atomic E-state index is 0.216. The van der Waals surface area contributed by atoms with Crippen molar-refractivity contribution in [3.05, 3.63) is 0 Å². The van der Waals surface area contributed by atoms with E-state index in [0.717, 1.165) is 0 Å². The lowest BCUT2D eigenvalue weighted by Gasteiger charge is -2.15. The van der Waals surface area contributed by atoms with E-state index >= 15 is 0 Å². The fraction of sp³-hybridized carbons (Fsp3) is 0.750. The van der Waals surface area contributed by atoms with E-state index in [-0.39, 0.29) is 18.1 Å². The quantitative estimate of drug-likeness (QED) is 0.643. The van der Waals surface area contributed by atoms with E-state index in [4.69, 9.17) is 0 Å². The zero-order chi connectivity index (χ0) is 11.1. The number of carbonyl (C=O) groups excluding carboxylic acids is 2. The summed E-state index contributed by atoms with van der Waals surface area (Å²) in [6.07, 6.45) is 0. The van der Waals surface area contributed by atoms with Crippen molar-refractivity contribution in [2.45, 2.75) is 20.8 Å². The van der Waals surface area contributed by atoms with Gasteiger partial charge in [0.2, 0.25) is 15.9 Å². The van der Waals surface area contributed by atoms with Crippen molar-refractivity contribution in [2.75, 3.05) is 12.3 Å². The number of Topliss-reactive ketones (excluding diaryl/α,β-unsaturated/α-hetero) is 1. The molecule has 0 aromatic heterocycles. The molecule has 1 heterocycles. The highest BCUT2D eigenvalue weighted by Gasteiger charge is 2.49. The number of carbonyl (C=O) groups is 2. The van der Waals surface area contributed by atoms with Gasteiger partial charge in [-0.15, -0.1) is 0 Å². The van der Waals surface area contributed by atoms with Gasteiger partial charge in [-0.2, -0.15) is 0 Å². The topological polar surface area (TPSA) is 71.5 Å². The normalized spacial score (nSPS) is 23.9. The maximum atomic E-state index is 11.6. The molecule has 6 heteroatoms. The largest absolute Gasteiger partial charge is 0.298 e. The Bertz CT molecular complexity index is 382. The second-order valence-corrected chi connectivity index (χ2v) is 6.05. The zero-order valence-electron chi connectivity index (χ0n) is 8.40. The molecule has 14 heavy (non-hydrogen) atoms. The highest BCUT2D eigenvalue weighted by molar-refractivity contribution is 7.90. The van der Waals surface area contributed by atoms with Crippen LogP contribution in [0.3, 0.4) is 0 Å². The van der Waals surface area contributed by atoms with Gasteiger partial charge in [0.05, 0.1) is 17.7 Å². The second-order valence-electron chi connectivity index (χ2n) is 4.15. The fourth-order valence-electron chi connectivity index (χ4n) is 1.43. The summed E-state index contributed by atoms with van der Waals surface area (Å²) in [4.78, 5) is 22.4. The van der Waals surface area contributed by atoms with E-state index in [2.05, 4.69) is 0 Å². The van der Waals surface area contributed by atoms with Gasteiger partial charge in [0.25, 0.3) is 0 Å². The van der Waals surface area contributed by atoms with Crippen LogP contribution in [0.2, 0.25) is 0 Å². The Morgan fingerprint density at radius 3 is 2.29 bits per heavy atom. The van der Waals surface area contributed by atoms with E-state index in [1.165, 1.54) is 6.92 Å². The first-order chi connectivity index (χ1) is 6.17. The standard InChI is InChI=1S/C8H13NO4S/c1-6(10)4-9-7(11)8(2,3)5-14(9,12)13/h4-5H2,1-3H3. The summed E-state index contributed by atoms with van der Waals surface area (Å²) in [6, 6.07) is 0. The molecule has 0 spiro atoms. The smallest absolute Gasteiger partial charge is 0.243 e. The van der Waals surface area contributed by atoms with Crippen LogP contribution in [0, 0.1) is 5.41 Å². The number of nitrogens with zero attached hydrogens (tertiary/aromatic N) is 1. The Morgan fingerprint density at radius 1 is 1.50 bits per heavy atom. The predicted octanol–water partition coefficient (Wildman–Crippen LogP) is -0.226. The number of sulfonamides is 1. The predicted molar refractivity (Wildman–Crippen MR) is 50.0 cm³/mol. The molecule has 0 aliphatic carbocycles. The first-order valence-electron chi connectivity index (χ1n) is 4.21. The average molecular weight is 219 g/mol. The molecular formula is C8H13NO4S. The molecule has 0 radical (unpaired) electrons. The average Bonchev–Trinajstić information content (AvgIpc) is 2.08. The van der Waals surface area contributed by atoms with Gasteiger partial charge in [0.15, 0.2) is 0 Å². The van der Waals surface area contributed by atoms with E-state index in [0.29, 0.717) is 4.31 Å². The Labute approximate surface area is 83.1 Å². The molecule has 1 saturated heterocycles. The van der Waals surface area contributed by atoms with Crippen LogP contribution in [0.15, 0.2) is 0 Å². The molecule has 0 aromatic rings. The highest BCUT2D eigenvalue weighted by Crippen LogP contribution is 2.31. The summed E-state index contributed by atoms with van der Waals surface area (Å²) in [5.74, 6) is -1.04. The summed E-state index contributed by atoms with van der Waals surface area (Å²) < 4.78 is 23.6. The number of hydrogen-bond donors (Lipinski definition) is 0. The number of hydrogen-bond acceptors (Lipinski definition) is 4. The molecular weight excluding hydrogens is 206 g/mol. The molecule has 0 atom stereocenters. The van der Waals surface area contributed by atoms with Crippen molar-refractivity contribution in [2.24, 2.45) is 5.41 Å². The van der Waals surface area contributed by atoms with Crippen LogP contribution < -0.4 is 0 Å². The van der Waals surface area contributed by atoms with E-state index in [1.807, 2.05) is 0 Å². The first kappa shape index (κ1) is 11.2. The van der Waals surface area contributed by atoms with E-state index in [1.54, 1.807) is 13.8 Å². The number of amides is 1. The van der Waals surface area contributed by atoms with Crippen molar-refractivity contribution >= 4 is 21.7 Å². The molecule has 0 saturated carbocycles. The van der Waals surface area contributed by atoms with Crippen LogP contribution in [-0.4, -0.2) is 36.7 Å². The van der Waals surface area contributed by atoms with Gasteiger partial charge >= 0.3 is 0 Å². The van der Waals surface area contributed by atoms with Gasteiger partial charge in [-0.05, 0) is 20.8 Å². The van der Waals surface area contributed by atoms with Crippen LogP contribution in [0.5, 0.6) is 0 Å². The monoisotopic (exact) mass is 219 g/mol. The van der Waals surface area contributed by atoms with Gasteiger partial charge in [-0.25, -0.2) is 12.7 Å². The maximum absolute atomic E-state index is 11.6. The molecule has 1 rings (SSSR count). The lowest BCUT2D eigenvalue weighted by atomic mass is 9.95. The van der Waals surface area contributed by atoms with Crippen molar-refractivity contribution < 1.29 is 18.0 Å². The van der Waals surface area contributed by atoms with Gasteiger partial charge in [-0.3, -0.25) is 9.59 Å². The zero-order valence-corrected chi connectivity index (χ0v) is 9.22. The van der Waals surface area contributed by atoms with Crippen molar-refractivity contribution in [3.8, 4) is 0 Å². The van der Waals surface area contributed by atoms with Crippen molar-refractivity contribution in [1.82, 2.24) is 4.31 Å². The Kier molecular flexibility index (Phi) is 2.43. The second kappa shape index (κ2) is 3.05. The SMILES string of the molecule is CC(=O)CN1C(=O)C(C)(C)CS1(=O)=O. The Morgan fingerprint density at radius 2 is 2.00 bits per heavy atom. The molecule has 0 bridgehead atoms. The third kappa shape index (κ3) is 1.79. The molecule has 1 amide bonds. The van der Waals surface area contributed by atoms with Crippen molar-refractivity contribution in [1.29, 1.82) is 0 Å². The highest BCUT2D eigenvalue weighted by atomic mass is 32.2. The summed E-state index contributed by atoms with van der Waals surface area (Å²) in [5.41, 5.74) is -0.908. The summed E-state index contributed by atoms with van der Waals surface area (Å²) >= 11 is 0. The minimum Gasteiger partial charge on any atom is -0.298 e. The Hall–Kier alpha value is -0.910. The summed E-state index contributed by atoms with van der Waals surface area (Å²) in [6.45, 7) is 4.04. The van der Waals surface area contributed by atoms with E-state index in [9.17, 15) is 18.0 Å². The fourth-order valence-corrected chi connectivity index (χ4v) is 3.50. The minimum atomic E-state index is -3.58. The maximum Gasteiger partial charge on any atom is 0.243 e. The van der Waals surface area contributed by atoms with Gasteiger partial charge in [-0.1, -0.05) is 0 Å². The van der Waals surface area contributed by atoms with Crippen LogP contribution in [0.4, 0.5) is 0 Å². The van der Waals surface area contributed by atoms with E-state index < -0.39 is 21.3 Å². The lowest BCUT2D eigenvalue weighted by molar-refractivity contribution is -0.134. The van der Waals surface area contributed by atoms with Gasteiger partial charge in [0.1, 0.15) is 5.78 Å². The molecule has 0 unspecified atom stereocenters. The summed E-state index contributed by atoms with van der Waals surface area (Å²) in [5, 5.41) is 0. The first-order valence-corrected chi connectivity index (χ1v) is 5.82. The molecule has 1 fully saturated rings. The van der Waals surface area contributed by atoms with Crippen molar-refractivity contribution in [3.63, 3.8) is 0 Å². The van der Waals surface area contributed by atoms with Crippen LogP contribution in [-0.2, 0) is 19.6 Å². The molecule has 5 nitrogen and oxygen atoms in total. The number of rotatable bonds is 2. The molecule has 0 N–H and O–H groups in total. The molecule has 1 aliphatic heterocycles. The van der Waals surface area contributed by atoms with Crippen LogP contribution >= 0.6 is 0 Å².